The maximum atomic E-state index is 13.6. The van der Waals surface area contributed by atoms with Gasteiger partial charge in [-0.25, -0.2) is 17.6 Å². The van der Waals surface area contributed by atoms with E-state index >= 15 is 0 Å². The van der Waals surface area contributed by atoms with E-state index in [2.05, 4.69) is 0 Å². The van der Waals surface area contributed by atoms with Crippen molar-refractivity contribution in [3.63, 3.8) is 0 Å². The minimum atomic E-state index is -3.19. The van der Waals surface area contributed by atoms with Gasteiger partial charge in [0.15, 0.2) is 6.10 Å². The van der Waals surface area contributed by atoms with E-state index in [4.69, 9.17) is 0 Å². The van der Waals surface area contributed by atoms with Crippen LogP contribution >= 0.6 is 0 Å². The average molecular weight is 299 g/mol. The molecule has 1 unspecified atom stereocenters. The molecule has 0 spiro atoms. The molecule has 0 fully saturated rings. The minimum absolute atomic E-state index is 0.0132. The highest BCUT2D eigenvalue weighted by atomic mass is 19.3. The van der Waals surface area contributed by atoms with Crippen LogP contribution in [0.2, 0.25) is 0 Å². The summed E-state index contributed by atoms with van der Waals surface area (Å²) < 4.78 is 55.4. The van der Waals surface area contributed by atoms with Gasteiger partial charge in [0, 0.05) is 30.3 Å². The number of hydrogen-bond acceptors (Lipinski definition) is 1. The predicted molar refractivity (Wildman–Crippen MR) is 69.0 cm³/mol. The Kier molecular flexibility index (Phi) is 3.09. The summed E-state index contributed by atoms with van der Waals surface area (Å²) in [6, 6.07) is 4.60. The van der Waals surface area contributed by atoms with Crippen LogP contribution in [0, 0.1) is 18.6 Å². The molecule has 3 rings (SSSR count). The minimum Gasteiger partial charge on any atom is -0.381 e. The number of aromatic nitrogens is 1. The van der Waals surface area contributed by atoms with E-state index in [9.17, 15) is 22.7 Å². The number of nitrogens with zero attached hydrogens (tertiary/aromatic N) is 1. The van der Waals surface area contributed by atoms with Gasteiger partial charge in [0.25, 0.3) is 5.92 Å². The van der Waals surface area contributed by atoms with E-state index in [1.165, 1.54) is 4.57 Å². The van der Waals surface area contributed by atoms with Crippen molar-refractivity contribution in [2.45, 2.75) is 31.9 Å². The van der Waals surface area contributed by atoms with Crippen LogP contribution in [0.1, 0.15) is 23.8 Å². The van der Waals surface area contributed by atoms with Gasteiger partial charge in [-0.15, -0.1) is 0 Å². The predicted octanol–water partition coefficient (Wildman–Crippen LogP) is 3.81. The lowest BCUT2D eigenvalue weighted by Gasteiger charge is -2.31. The molecule has 1 aromatic carbocycles. The molecule has 1 atom stereocenters. The van der Waals surface area contributed by atoms with Gasteiger partial charge >= 0.3 is 0 Å². The van der Waals surface area contributed by atoms with Crippen molar-refractivity contribution in [2.75, 3.05) is 0 Å². The molecule has 1 aromatic heterocycles. The number of fused-ring (bicyclic) bond motifs is 1. The largest absolute Gasteiger partial charge is 0.381 e. The summed E-state index contributed by atoms with van der Waals surface area (Å²) in [6.07, 6.45) is -2.42. The smallest absolute Gasteiger partial charge is 0.280 e. The van der Waals surface area contributed by atoms with Gasteiger partial charge in [-0.3, -0.25) is 0 Å². The third-order valence-corrected chi connectivity index (χ3v) is 3.82. The Hall–Kier alpha value is -1.82. The van der Waals surface area contributed by atoms with Crippen molar-refractivity contribution in [3.8, 4) is 11.3 Å². The van der Waals surface area contributed by atoms with Crippen LogP contribution < -0.4 is 0 Å². The molecule has 2 aromatic rings. The first-order valence-corrected chi connectivity index (χ1v) is 6.52. The van der Waals surface area contributed by atoms with Gasteiger partial charge in [-0.05, 0) is 30.7 Å². The fourth-order valence-corrected chi connectivity index (χ4v) is 2.84. The molecular formula is C15H13F4NO. The summed E-state index contributed by atoms with van der Waals surface area (Å²) in [4.78, 5) is 0. The van der Waals surface area contributed by atoms with Gasteiger partial charge in [-0.2, -0.15) is 0 Å². The van der Waals surface area contributed by atoms with Gasteiger partial charge in [0.2, 0.25) is 0 Å². The summed E-state index contributed by atoms with van der Waals surface area (Å²) in [5.74, 6) is -4.66. The standard InChI is InChI=1S/C15H13F4NO/c1-8-4-12(9-5-10(16)7-11(17)6-9)20-3-2-15(18,19)14(21)13(8)20/h4-7,14,21H,2-3H2,1H3. The lowest BCUT2D eigenvalue weighted by atomic mass is 10.0. The Labute approximate surface area is 118 Å². The first kappa shape index (κ1) is 14.1. The van der Waals surface area contributed by atoms with Crippen molar-refractivity contribution < 1.29 is 22.7 Å². The van der Waals surface area contributed by atoms with E-state index < -0.39 is 30.1 Å². The topological polar surface area (TPSA) is 25.2 Å². The van der Waals surface area contributed by atoms with Gasteiger partial charge in [0.1, 0.15) is 11.6 Å². The third kappa shape index (κ3) is 2.23. The molecule has 0 amide bonds. The van der Waals surface area contributed by atoms with Crippen molar-refractivity contribution in [2.24, 2.45) is 0 Å². The van der Waals surface area contributed by atoms with Crippen molar-refractivity contribution in [1.29, 1.82) is 0 Å². The molecule has 0 bridgehead atoms. The molecule has 1 aliphatic rings. The Morgan fingerprint density at radius 1 is 1.14 bits per heavy atom. The number of hydrogen-bond donors (Lipinski definition) is 1. The molecular weight excluding hydrogens is 286 g/mol. The Balaban J connectivity index is 2.17. The SMILES string of the molecule is Cc1cc(-c2cc(F)cc(F)c2)n2c1C(O)C(F)(F)CC2. The van der Waals surface area contributed by atoms with Crippen LogP contribution in [0.3, 0.4) is 0 Å². The second-order valence-electron chi connectivity index (χ2n) is 5.32. The molecule has 0 aliphatic carbocycles. The van der Waals surface area contributed by atoms with Gasteiger partial charge in [-0.1, -0.05) is 0 Å². The summed E-state index contributed by atoms with van der Waals surface area (Å²) in [6.45, 7) is 1.58. The van der Waals surface area contributed by atoms with Crippen LogP contribution in [0.25, 0.3) is 11.3 Å². The zero-order chi connectivity index (χ0) is 15.4. The molecule has 2 heterocycles. The summed E-state index contributed by atoms with van der Waals surface area (Å²) in [5.41, 5.74) is 1.27. The molecule has 112 valence electrons. The van der Waals surface area contributed by atoms with Crippen LogP contribution in [-0.4, -0.2) is 15.6 Å². The van der Waals surface area contributed by atoms with Crippen LogP contribution in [0.15, 0.2) is 24.3 Å². The number of benzene rings is 1. The highest BCUT2D eigenvalue weighted by molar-refractivity contribution is 5.63. The molecule has 0 radical (unpaired) electrons. The third-order valence-electron chi connectivity index (χ3n) is 3.82. The average Bonchev–Trinajstić information content (AvgIpc) is 2.71. The van der Waals surface area contributed by atoms with Crippen LogP contribution in [-0.2, 0) is 6.54 Å². The molecule has 21 heavy (non-hydrogen) atoms. The number of alkyl halides is 2. The van der Waals surface area contributed by atoms with Crippen molar-refractivity contribution in [1.82, 2.24) is 4.57 Å². The van der Waals surface area contributed by atoms with Gasteiger partial charge in [0.05, 0.1) is 5.69 Å². The fraction of sp³-hybridized carbons (Fsp3) is 0.333. The normalized spacial score (nSPS) is 20.4. The summed E-state index contributed by atoms with van der Waals surface area (Å²) in [5, 5.41) is 9.82. The lowest BCUT2D eigenvalue weighted by Crippen LogP contribution is -2.35. The number of halogens is 4. The van der Waals surface area contributed by atoms with E-state index in [-0.39, 0.29) is 17.8 Å². The molecule has 0 saturated carbocycles. The van der Waals surface area contributed by atoms with Crippen LogP contribution in [0.4, 0.5) is 17.6 Å². The lowest BCUT2D eigenvalue weighted by molar-refractivity contribution is -0.131. The second-order valence-corrected chi connectivity index (χ2v) is 5.32. The van der Waals surface area contributed by atoms with E-state index in [0.717, 1.165) is 18.2 Å². The van der Waals surface area contributed by atoms with E-state index in [1.54, 1.807) is 13.0 Å². The number of aliphatic hydroxyl groups is 1. The Morgan fingerprint density at radius 2 is 1.76 bits per heavy atom. The molecule has 6 heteroatoms. The second kappa shape index (κ2) is 4.59. The van der Waals surface area contributed by atoms with Crippen molar-refractivity contribution in [3.05, 3.63) is 47.2 Å². The number of aliphatic hydroxyl groups excluding tert-OH is 1. The Bertz CT molecular complexity index is 688. The molecule has 1 N–H and O–H groups in total. The quantitative estimate of drug-likeness (QED) is 0.796. The number of rotatable bonds is 1. The molecule has 0 saturated heterocycles. The van der Waals surface area contributed by atoms with E-state index in [1.807, 2.05) is 0 Å². The van der Waals surface area contributed by atoms with E-state index in [0.29, 0.717) is 11.3 Å². The van der Waals surface area contributed by atoms with Crippen molar-refractivity contribution >= 4 is 0 Å². The zero-order valence-corrected chi connectivity index (χ0v) is 11.2. The van der Waals surface area contributed by atoms with Gasteiger partial charge < -0.3 is 9.67 Å². The van der Waals surface area contributed by atoms with Crippen LogP contribution in [0.5, 0.6) is 0 Å². The zero-order valence-electron chi connectivity index (χ0n) is 11.2. The summed E-state index contributed by atoms with van der Waals surface area (Å²) in [7, 11) is 0. The summed E-state index contributed by atoms with van der Waals surface area (Å²) >= 11 is 0. The maximum absolute atomic E-state index is 13.6. The first-order valence-electron chi connectivity index (χ1n) is 6.52. The first-order chi connectivity index (χ1) is 9.79. The highest BCUT2D eigenvalue weighted by Gasteiger charge is 2.45. The molecule has 2 nitrogen and oxygen atoms in total. The maximum Gasteiger partial charge on any atom is 0.280 e. The number of aryl methyl sites for hydroxylation is 1. The monoisotopic (exact) mass is 299 g/mol. The fourth-order valence-electron chi connectivity index (χ4n) is 2.84. The molecule has 1 aliphatic heterocycles. The Morgan fingerprint density at radius 3 is 2.38 bits per heavy atom. The highest BCUT2D eigenvalue weighted by Crippen LogP contribution is 2.43.